The molecule has 0 aromatic heterocycles. The minimum absolute atomic E-state index is 0.123. The molecule has 0 aliphatic carbocycles. The molecule has 1 atom stereocenters. The first-order valence-corrected chi connectivity index (χ1v) is 29.0. The Kier molecular flexibility index (Phi) is 54.9. The van der Waals surface area contributed by atoms with Crippen molar-refractivity contribution in [2.24, 2.45) is 0 Å². The normalized spacial score (nSPS) is 13.0. The van der Waals surface area contributed by atoms with Crippen molar-refractivity contribution in [3.8, 4) is 0 Å². The Hall–Kier alpha value is -4.19. The average Bonchev–Trinajstić information content (AvgIpc) is 3.37. The number of carbonyl (C=O) groups excluding carboxylic acids is 3. The van der Waals surface area contributed by atoms with Crippen molar-refractivity contribution in [1.29, 1.82) is 0 Å². The number of ether oxygens (including phenoxy) is 3. The van der Waals surface area contributed by atoms with E-state index in [4.69, 9.17) is 14.2 Å². The highest BCUT2D eigenvalue weighted by Gasteiger charge is 2.19. The van der Waals surface area contributed by atoms with Gasteiger partial charge in [-0.05, 0) is 122 Å². The smallest absolute Gasteiger partial charge is 0.306 e. The third-order valence-corrected chi connectivity index (χ3v) is 11.9. The molecule has 0 unspecified atom stereocenters. The van der Waals surface area contributed by atoms with Crippen molar-refractivity contribution >= 4 is 17.9 Å². The molecule has 0 fully saturated rings. The number of hydrogen-bond donors (Lipinski definition) is 0. The summed E-state index contributed by atoms with van der Waals surface area (Å²) >= 11 is 0. The minimum atomic E-state index is -0.836. The van der Waals surface area contributed by atoms with Crippen LogP contribution in [0.15, 0.2) is 122 Å². The summed E-state index contributed by atoms with van der Waals surface area (Å²) in [6.45, 7) is 6.40. The van der Waals surface area contributed by atoms with E-state index >= 15 is 0 Å². The molecule has 0 aromatic carbocycles. The Labute approximate surface area is 437 Å². The Morgan fingerprint density at radius 2 is 0.563 bits per heavy atom. The fourth-order valence-corrected chi connectivity index (χ4v) is 7.58. The predicted molar refractivity (Wildman–Crippen MR) is 306 cm³/mol. The van der Waals surface area contributed by atoms with Gasteiger partial charge in [-0.15, -0.1) is 0 Å². The van der Waals surface area contributed by atoms with Crippen LogP contribution in [0.5, 0.6) is 0 Å². The molecular formula is C65H106O6. The topological polar surface area (TPSA) is 78.9 Å². The third kappa shape index (κ3) is 56.6. The van der Waals surface area contributed by atoms with Gasteiger partial charge in [-0.1, -0.05) is 232 Å². The van der Waals surface area contributed by atoms with E-state index in [0.29, 0.717) is 19.3 Å². The van der Waals surface area contributed by atoms with Crippen molar-refractivity contribution < 1.29 is 28.6 Å². The van der Waals surface area contributed by atoms with E-state index in [1.54, 1.807) is 0 Å². The van der Waals surface area contributed by atoms with Crippen molar-refractivity contribution in [3.63, 3.8) is 0 Å². The van der Waals surface area contributed by atoms with Crippen molar-refractivity contribution in [1.82, 2.24) is 0 Å². The lowest BCUT2D eigenvalue weighted by Gasteiger charge is -2.18. The zero-order valence-electron chi connectivity index (χ0n) is 45.9. The fraction of sp³-hybridized carbons (Fsp3) is 0.646. The van der Waals surface area contributed by atoms with Gasteiger partial charge in [0.25, 0.3) is 0 Å². The molecule has 0 aliphatic heterocycles. The van der Waals surface area contributed by atoms with E-state index in [1.807, 2.05) is 0 Å². The number of carbonyl (C=O) groups is 3. The van der Waals surface area contributed by atoms with E-state index < -0.39 is 6.10 Å². The van der Waals surface area contributed by atoms with Gasteiger partial charge in [-0.2, -0.15) is 0 Å². The van der Waals surface area contributed by atoms with Gasteiger partial charge in [-0.3, -0.25) is 14.4 Å². The molecule has 402 valence electrons. The standard InChI is InChI=1S/C65H106O6/c1-4-7-10-13-16-19-22-25-28-31-32-35-37-40-43-46-49-52-55-58-64(67)70-61-62(71-65(68)59-56-53-50-47-44-41-38-34-30-27-24-21-18-15-12-9-6-3)60-69-63(66)57-54-51-48-45-42-39-36-33-29-26-23-20-17-14-11-8-5-2/h9,12,17-18,20-21,26-27,29-32,36,38-39,41,45,47-48,50,62H,4-8,10-11,13-16,19,22-25,28,33-35,37,40,42-44,46,49,51-61H2,1-3H3/b12-9-,20-17-,21-18-,29-26-,30-27-,32-31-,39-36-,41-38-,48-45-,50-47-/t62-/m1/s1. The van der Waals surface area contributed by atoms with E-state index in [0.717, 1.165) is 83.5 Å². The molecule has 0 amide bonds. The number of rotatable bonds is 51. The first-order chi connectivity index (χ1) is 35.0. The summed E-state index contributed by atoms with van der Waals surface area (Å²) in [5, 5.41) is 0. The maximum Gasteiger partial charge on any atom is 0.306 e. The molecule has 0 rings (SSSR count). The summed E-state index contributed by atoms with van der Waals surface area (Å²) in [6.07, 6.45) is 80.6. The monoisotopic (exact) mass is 983 g/mol. The van der Waals surface area contributed by atoms with Crippen LogP contribution < -0.4 is 0 Å². The number of unbranched alkanes of at least 4 members (excludes halogenated alkanes) is 20. The van der Waals surface area contributed by atoms with Gasteiger partial charge in [0, 0.05) is 19.3 Å². The van der Waals surface area contributed by atoms with Gasteiger partial charge in [0.1, 0.15) is 13.2 Å². The van der Waals surface area contributed by atoms with Gasteiger partial charge >= 0.3 is 17.9 Å². The lowest BCUT2D eigenvalue weighted by molar-refractivity contribution is -0.167. The lowest BCUT2D eigenvalue weighted by atomic mass is 10.1. The van der Waals surface area contributed by atoms with Crippen LogP contribution in [0, 0.1) is 0 Å². The summed E-state index contributed by atoms with van der Waals surface area (Å²) < 4.78 is 16.8. The van der Waals surface area contributed by atoms with E-state index in [-0.39, 0.29) is 44.0 Å². The van der Waals surface area contributed by atoms with Crippen LogP contribution in [0.2, 0.25) is 0 Å². The van der Waals surface area contributed by atoms with Crippen LogP contribution >= 0.6 is 0 Å². The van der Waals surface area contributed by atoms with Gasteiger partial charge in [0.2, 0.25) is 0 Å². The first-order valence-electron chi connectivity index (χ1n) is 29.0. The van der Waals surface area contributed by atoms with Crippen molar-refractivity contribution in [3.05, 3.63) is 122 Å². The van der Waals surface area contributed by atoms with Gasteiger partial charge in [0.15, 0.2) is 6.10 Å². The summed E-state index contributed by atoms with van der Waals surface area (Å²) in [5.74, 6) is -1.05. The second-order valence-electron chi connectivity index (χ2n) is 18.8. The summed E-state index contributed by atoms with van der Waals surface area (Å²) in [7, 11) is 0. The van der Waals surface area contributed by atoms with Crippen molar-refractivity contribution in [2.75, 3.05) is 13.2 Å². The Morgan fingerprint density at radius 1 is 0.296 bits per heavy atom. The van der Waals surface area contributed by atoms with Crippen LogP contribution in [0.1, 0.15) is 252 Å². The number of allylic oxidation sites excluding steroid dienone is 20. The first kappa shape index (κ1) is 66.8. The fourth-order valence-electron chi connectivity index (χ4n) is 7.58. The van der Waals surface area contributed by atoms with E-state index in [9.17, 15) is 14.4 Å². The molecular weight excluding hydrogens is 877 g/mol. The molecule has 6 heteroatoms. The van der Waals surface area contributed by atoms with E-state index in [1.165, 1.54) is 116 Å². The zero-order chi connectivity index (χ0) is 51.4. The summed E-state index contributed by atoms with van der Waals surface area (Å²) in [6, 6.07) is 0. The number of hydrogen-bond acceptors (Lipinski definition) is 6. The Balaban J connectivity index is 4.56. The molecule has 0 saturated heterocycles. The van der Waals surface area contributed by atoms with Crippen LogP contribution in [-0.4, -0.2) is 37.2 Å². The SMILES string of the molecule is CC/C=C\C/C=C\C/C=C\C/C=C\C/C=C\CCCC(=O)O[C@H](COC(=O)CCC/C=C\C/C=C\C/C=C\C/C=C\CCCCC)COC(=O)CCCCCCCCC/C=C\CCCCCCCCCC. The highest BCUT2D eigenvalue weighted by Crippen LogP contribution is 2.14. The maximum absolute atomic E-state index is 12.8. The van der Waals surface area contributed by atoms with Crippen LogP contribution in [0.3, 0.4) is 0 Å². The Morgan fingerprint density at radius 3 is 0.958 bits per heavy atom. The largest absolute Gasteiger partial charge is 0.462 e. The van der Waals surface area contributed by atoms with Gasteiger partial charge in [0.05, 0.1) is 0 Å². The number of esters is 3. The second-order valence-corrected chi connectivity index (χ2v) is 18.8. The molecule has 0 radical (unpaired) electrons. The lowest BCUT2D eigenvalue weighted by Crippen LogP contribution is -2.30. The molecule has 0 aliphatic rings. The highest BCUT2D eigenvalue weighted by molar-refractivity contribution is 5.71. The van der Waals surface area contributed by atoms with Crippen LogP contribution in [0.4, 0.5) is 0 Å². The maximum atomic E-state index is 12.8. The molecule has 0 bridgehead atoms. The van der Waals surface area contributed by atoms with Crippen LogP contribution in [-0.2, 0) is 28.6 Å². The van der Waals surface area contributed by atoms with Gasteiger partial charge < -0.3 is 14.2 Å². The average molecular weight is 984 g/mol. The third-order valence-electron chi connectivity index (χ3n) is 11.9. The summed E-state index contributed by atoms with van der Waals surface area (Å²) in [4.78, 5) is 38.1. The predicted octanol–water partition coefficient (Wildman–Crippen LogP) is 19.6. The quantitative estimate of drug-likeness (QED) is 0.0261. The van der Waals surface area contributed by atoms with E-state index in [2.05, 4.69) is 142 Å². The summed E-state index contributed by atoms with van der Waals surface area (Å²) in [5.41, 5.74) is 0. The Bertz CT molecular complexity index is 1500. The molecule has 0 N–H and O–H groups in total. The van der Waals surface area contributed by atoms with Gasteiger partial charge in [-0.25, -0.2) is 0 Å². The van der Waals surface area contributed by atoms with Crippen LogP contribution in [0.25, 0.3) is 0 Å². The molecule has 0 aromatic rings. The molecule has 0 heterocycles. The second kappa shape index (κ2) is 58.4. The molecule has 71 heavy (non-hydrogen) atoms. The van der Waals surface area contributed by atoms with Crippen molar-refractivity contribution in [2.45, 2.75) is 258 Å². The highest BCUT2D eigenvalue weighted by atomic mass is 16.6. The molecule has 0 spiro atoms. The molecule has 0 saturated carbocycles. The zero-order valence-corrected chi connectivity index (χ0v) is 45.9. The minimum Gasteiger partial charge on any atom is -0.462 e. The molecule has 6 nitrogen and oxygen atoms in total.